The first-order valence-electron chi connectivity index (χ1n) is 8.96. The molecule has 28 heavy (non-hydrogen) atoms. The van der Waals surface area contributed by atoms with Gasteiger partial charge in [-0.2, -0.15) is 0 Å². The second kappa shape index (κ2) is 9.85. The number of amides is 1. The molecular weight excluding hydrogens is 377 g/mol. The lowest BCUT2D eigenvalue weighted by Crippen LogP contribution is -2.24. The van der Waals surface area contributed by atoms with Crippen molar-refractivity contribution in [3.05, 3.63) is 72.3 Å². The lowest BCUT2D eigenvalue weighted by molar-refractivity contribution is 0.0953. The lowest BCUT2D eigenvalue weighted by Gasteiger charge is -2.09. The Hall–Kier alpha value is -2.93. The number of hydrogen-bond acceptors (Lipinski definition) is 5. The predicted octanol–water partition coefficient (Wildman–Crippen LogP) is 5.09. The van der Waals surface area contributed by atoms with E-state index in [0.29, 0.717) is 28.8 Å². The highest BCUT2D eigenvalue weighted by Crippen LogP contribution is 2.33. The van der Waals surface area contributed by atoms with Crippen LogP contribution in [0.4, 0.5) is 4.39 Å². The van der Waals surface area contributed by atoms with Crippen molar-refractivity contribution in [3.63, 3.8) is 0 Å². The molecule has 144 valence electrons. The van der Waals surface area contributed by atoms with Crippen molar-refractivity contribution in [2.45, 2.75) is 29.7 Å². The van der Waals surface area contributed by atoms with E-state index in [1.54, 1.807) is 48.8 Å². The van der Waals surface area contributed by atoms with Crippen molar-refractivity contribution >= 4 is 17.7 Å². The summed E-state index contributed by atoms with van der Waals surface area (Å²) in [5.74, 6) is 0.495. The molecule has 0 aliphatic carbocycles. The molecule has 0 bridgehead atoms. The Labute approximate surface area is 167 Å². The number of benzene rings is 2. The molecule has 0 atom stereocenters. The minimum atomic E-state index is -0.293. The van der Waals surface area contributed by atoms with Crippen LogP contribution in [-0.2, 0) is 0 Å². The van der Waals surface area contributed by atoms with Crippen molar-refractivity contribution in [1.29, 1.82) is 0 Å². The van der Waals surface area contributed by atoms with Crippen LogP contribution in [0.5, 0.6) is 11.6 Å². The highest BCUT2D eigenvalue weighted by Gasteiger charge is 2.11. The number of unbranched alkanes of at least 4 members (excludes halogenated alkanes) is 1. The lowest BCUT2D eigenvalue weighted by atomic mass is 10.2. The van der Waals surface area contributed by atoms with Crippen LogP contribution in [0.2, 0.25) is 0 Å². The summed E-state index contributed by atoms with van der Waals surface area (Å²) in [5.41, 5.74) is 0.573. The molecule has 0 aliphatic rings. The van der Waals surface area contributed by atoms with Crippen molar-refractivity contribution in [1.82, 2.24) is 15.3 Å². The molecular formula is C21H20FN3O2S. The molecule has 1 heterocycles. The Kier molecular flexibility index (Phi) is 6.97. The summed E-state index contributed by atoms with van der Waals surface area (Å²) in [5, 5.41) is 3.44. The van der Waals surface area contributed by atoms with E-state index in [9.17, 15) is 9.18 Å². The predicted molar refractivity (Wildman–Crippen MR) is 106 cm³/mol. The molecule has 1 N–H and O–H groups in total. The van der Waals surface area contributed by atoms with E-state index >= 15 is 0 Å². The zero-order chi connectivity index (χ0) is 19.8. The van der Waals surface area contributed by atoms with Gasteiger partial charge < -0.3 is 10.1 Å². The summed E-state index contributed by atoms with van der Waals surface area (Å²) >= 11 is 1.33. The zero-order valence-electron chi connectivity index (χ0n) is 15.4. The van der Waals surface area contributed by atoms with Crippen molar-refractivity contribution < 1.29 is 13.9 Å². The summed E-state index contributed by atoms with van der Waals surface area (Å²) in [4.78, 5) is 21.4. The van der Waals surface area contributed by atoms with Crippen molar-refractivity contribution in [3.8, 4) is 11.6 Å². The highest BCUT2D eigenvalue weighted by atomic mass is 32.2. The van der Waals surface area contributed by atoms with Gasteiger partial charge in [0.05, 0.1) is 0 Å². The molecule has 0 saturated carbocycles. The van der Waals surface area contributed by atoms with Crippen LogP contribution in [0, 0.1) is 5.82 Å². The first-order valence-corrected chi connectivity index (χ1v) is 9.78. The van der Waals surface area contributed by atoms with Crippen LogP contribution in [0.15, 0.2) is 70.8 Å². The molecule has 5 nitrogen and oxygen atoms in total. The van der Waals surface area contributed by atoms with E-state index in [1.807, 2.05) is 0 Å². The molecule has 3 aromatic rings. The van der Waals surface area contributed by atoms with Gasteiger partial charge in [-0.15, -0.1) is 0 Å². The summed E-state index contributed by atoms with van der Waals surface area (Å²) in [6, 6.07) is 13.0. The number of ether oxygens (including phenoxy) is 1. The van der Waals surface area contributed by atoms with E-state index in [2.05, 4.69) is 22.2 Å². The Balaban J connectivity index is 1.68. The molecule has 0 aliphatic heterocycles. The van der Waals surface area contributed by atoms with E-state index in [1.165, 1.54) is 23.9 Å². The summed E-state index contributed by atoms with van der Waals surface area (Å²) < 4.78 is 18.9. The minimum Gasteiger partial charge on any atom is -0.437 e. The fraction of sp³-hybridized carbons (Fsp3) is 0.190. The average Bonchev–Trinajstić information content (AvgIpc) is 2.72. The third-order valence-corrected chi connectivity index (χ3v) is 4.79. The Morgan fingerprint density at radius 1 is 1.07 bits per heavy atom. The molecule has 3 rings (SSSR count). The van der Waals surface area contributed by atoms with Crippen molar-refractivity contribution in [2.75, 3.05) is 6.54 Å². The number of aromatic nitrogens is 2. The van der Waals surface area contributed by atoms with Gasteiger partial charge in [0, 0.05) is 29.4 Å². The van der Waals surface area contributed by atoms with Crippen molar-refractivity contribution in [2.24, 2.45) is 0 Å². The topological polar surface area (TPSA) is 64.1 Å². The van der Waals surface area contributed by atoms with Gasteiger partial charge in [-0.25, -0.2) is 14.4 Å². The Morgan fingerprint density at radius 3 is 2.50 bits per heavy atom. The van der Waals surface area contributed by atoms with Crippen LogP contribution in [0.1, 0.15) is 30.1 Å². The average molecular weight is 397 g/mol. The maximum absolute atomic E-state index is 13.1. The number of halogens is 1. The van der Waals surface area contributed by atoms with Crippen LogP contribution in [-0.4, -0.2) is 22.4 Å². The SMILES string of the molecule is CCCCNC(=O)c1ccc(Oc2nccnc2Sc2ccc(F)cc2)cc1. The third-order valence-electron chi connectivity index (χ3n) is 3.81. The number of nitrogens with one attached hydrogen (secondary N) is 1. The van der Waals surface area contributed by atoms with Gasteiger partial charge in [0.15, 0.2) is 5.03 Å². The van der Waals surface area contributed by atoms with Gasteiger partial charge in [-0.1, -0.05) is 25.1 Å². The maximum atomic E-state index is 13.1. The second-order valence-electron chi connectivity index (χ2n) is 5.96. The van der Waals surface area contributed by atoms with E-state index in [-0.39, 0.29) is 11.7 Å². The first kappa shape index (κ1) is 19.8. The molecule has 7 heteroatoms. The van der Waals surface area contributed by atoms with E-state index < -0.39 is 0 Å². The second-order valence-corrected chi connectivity index (χ2v) is 7.02. The van der Waals surface area contributed by atoms with Gasteiger partial charge >= 0.3 is 0 Å². The molecule has 0 radical (unpaired) electrons. The van der Waals surface area contributed by atoms with Crippen LogP contribution in [0.3, 0.4) is 0 Å². The maximum Gasteiger partial charge on any atom is 0.252 e. The molecule has 1 aromatic heterocycles. The Morgan fingerprint density at radius 2 is 1.79 bits per heavy atom. The third kappa shape index (κ3) is 5.53. The summed E-state index contributed by atoms with van der Waals surface area (Å²) in [6.45, 7) is 2.74. The number of nitrogens with zero attached hydrogens (tertiary/aromatic N) is 2. The summed E-state index contributed by atoms with van der Waals surface area (Å²) in [6.07, 6.45) is 5.10. The van der Waals surface area contributed by atoms with Gasteiger partial charge in [-0.3, -0.25) is 4.79 Å². The first-order chi connectivity index (χ1) is 13.7. The standard InChI is InChI=1S/C21H20FN3O2S/c1-2-3-12-23-19(26)15-4-8-17(9-5-15)27-20-21(25-14-13-24-20)28-18-10-6-16(22)7-11-18/h4-11,13-14H,2-3,12H2,1H3,(H,23,26). The number of rotatable bonds is 8. The fourth-order valence-corrected chi connectivity index (χ4v) is 3.12. The van der Waals surface area contributed by atoms with Gasteiger partial charge in [0.2, 0.25) is 0 Å². The monoisotopic (exact) mass is 397 g/mol. The molecule has 0 saturated heterocycles. The molecule has 0 unspecified atom stereocenters. The van der Waals surface area contributed by atoms with Gasteiger partial charge in [0.1, 0.15) is 11.6 Å². The van der Waals surface area contributed by atoms with Crippen LogP contribution < -0.4 is 10.1 Å². The quantitative estimate of drug-likeness (QED) is 0.537. The number of carbonyl (C=O) groups is 1. The summed E-state index contributed by atoms with van der Waals surface area (Å²) in [7, 11) is 0. The molecule has 0 spiro atoms. The fourth-order valence-electron chi connectivity index (χ4n) is 2.33. The normalized spacial score (nSPS) is 10.5. The Bertz CT molecular complexity index is 918. The molecule has 0 fully saturated rings. The minimum absolute atomic E-state index is 0.105. The van der Waals surface area contributed by atoms with E-state index in [0.717, 1.165) is 17.7 Å². The number of hydrogen-bond donors (Lipinski definition) is 1. The van der Waals surface area contributed by atoms with Gasteiger partial charge in [0.25, 0.3) is 11.8 Å². The molecule has 1 amide bonds. The zero-order valence-corrected chi connectivity index (χ0v) is 16.2. The smallest absolute Gasteiger partial charge is 0.252 e. The van der Waals surface area contributed by atoms with Gasteiger partial charge in [-0.05, 0) is 55.0 Å². The van der Waals surface area contributed by atoms with Crippen LogP contribution >= 0.6 is 11.8 Å². The largest absolute Gasteiger partial charge is 0.437 e. The van der Waals surface area contributed by atoms with Crippen LogP contribution in [0.25, 0.3) is 0 Å². The molecule has 2 aromatic carbocycles. The number of carbonyl (C=O) groups excluding carboxylic acids is 1. The van der Waals surface area contributed by atoms with E-state index in [4.69, 9.17) is 4.74 Å². The highest BCUT2D eigenvalue weighted by molar-refractivity contribution is 7.99.